The third kappa shape index (κ3) is 3.89. The Hall–Kier alpha value is -3.32. The first-order valence-corrected chi connectivity index (χ1v) is 9.87. The van der Waals surface area contributed by atoms with E-state index in [1.165, 1.54) is 29.3 Å². The van der Waals surface area contributed by atoms with Gasteiger partial charge < -0.3 is 4.90 Å². The molecule has 1 amide bonds. The fourth-order valence-electron chi connectivity index (χ4n) is 3.94. The highest BCUT2D eigenvalue weighted by molar-refractivity contribution is 5.95. The maximum atomic E-state index is 14.1. The highest BCUT2D eigenvalue weighted by Gasteiger charge is 2.26. The van der Waals surface area contributed by atoms with Crippen molar-refractivity contribution >= 4 is 22.4 Å². The van der Waals surface area contributed by atoms with Crippen molar-refractivity contribution < 1.29 is 14.1 Å². The topological polar surface area (TPSA) is 66.7 Å². The van der Waals surface area contributed by atoms with Gasteiger partial charge in [-0.25, -0.2) is 4.39 Å². The first-order chi connectivity index (χ1) is 14.4. The van der Waals surface area contributed by atoms with Crippen LogP contribution in [-0.2, 0) is 6.54 Å². The fourth-order valence-corrected chi connectivity index (χ4v) is 3.94. The second kappa shape index (κ2) is 8.20. The summed E-state index contributed by atoms with van der Waals surface area (Å²) in [6, 6.07) is 16.8. The van der Waals surface area contributed by atoms with Gasteiger partial charge in [0.25, 0.3) is 11.6 Å². The van der Waals surface area contributed by atoms with E-state index < -0.39 is 10.7 Å². The summed E-state index contributed by atoms with van der Waals surface area (Å²) in [6.07, 6.45) is 0. The summed E-state index contributed by atoms with van der Waals surface area (Å²) in [7, 11) is 0. The minimum absolute atomic E-state index is 0.0207. The number of benzene rings is 3. The summed E-state index contributed by atoms with van der Waals surface area (Å²) in [5.74, 6) is -1.11. The molecule has 0 saturated carbocycles. The van der Waals surface area contributed by atoms with E-state index in [2.05, 4.69) is 35.2 Å². The molecule has 0 aliphatic carbocycles. The maximum Gasteiger partial charge on any atom is 0.276 e. The van der Waals surface area contributed by atoms with Crippen LogP contribution in [0.1, 0.15) is 21.5 Å². The standard InChI is InChI=1S/C23H22FN3O3/c1-16-21(24)13-19(14-22(16)27(29)30)23(28)26-11-9-25(10-12-26)15-18-7-4-6-17-5-2-3-8-20(17)18/h2-8,13-14H,9-12,15H2,1H3. The van der Waals surface area contributed by atoms with Gasteiger partial charge in [0.15, 0.2) is 0 Å². The summed E-state index contributed by atoms with van der Waals surface area (Å²) in [6.45, 7) is 4.48. The van der Waals surface area contributed by atoms with Gasteiger partial charge in [0.2, 0.25) is 0 Å². The van der Waals surface area contributed by atoms with Crippen LogP contribution in [0.25, 0.3) is 10.8 Å². The molecule has 1 aliphatic rings. The number of hydrogen-bond acceptors (Lipinski definition) is 4. The lowest BCUT2D eigenvalue weighted by Crippen LogP contribution is -2.48. The van der Waals surface area contributed by atoms with E-state index in [9.17, 15) is 19.3 Å². The normalized spacial score (nSPS) is 14.8. The molecule has 0 aromatic heterocycles. The fraction of sp³-hybridized carbons (Fsp3) is 0.261. The van der Waals surface area contributed by atoms with Gasteiger partial charge in [-0.1, -0.05) is 42.5 Å². The van der Waals surface area contributed by atoms with Gasteiger partial charge >= 0.3 is 0 Å². The minimum Gasteiger partial charge on any atom is -0.336 e. The molecule has 30 heavy (non-hydrogen) atoms. The number of nitro groups is 1. The molecule has 0 N–H and O–H groups in total. The first kappa shape index (κ1) is 20.0. The van der Waals surface area contributed by atoms with E-state index in [4.69, 9.17) is 0 Å². The van der Waals surface area contributed by atoms with Gasteiger partial charge in [0, 0.05) is 44.4 Å². The Bertz CT molecular complexity index is 1120. The van der Waals surface area contributed by atoms with Gasteiger partial charge in [0.05, 0.1) is 10.5 Å². The van der Waals surface area contributed by atoms with Crippen LogP contribution in [0.15, 0.2) is 54.6 Å². The first-order valence-electron chi connectivity index (χ1n) is 9.87. The number of piperazine rings is 1. The third-order valence-electron chi connectivity index (χ3n) is 5.69. The second-order valence-corrected chi connectivity index (χ2v) is 7.57. The lowest BCUT2D eigenvalue weighted by atomic mass is 10.0. The Morgan fingerprint density at radius 2 is 1.77 bits per heavy atom. The summed E-state index contributed by atoms with van der Waals surface area (Å²) in [5.41, 5.74) is 0.834. The molecular weight excluding hydrogens is 385 g/mol. The molecule has 154 valence electrons. The zero-order valence-corrected chi connectivity index (χ0v) is 16.7. The van der Waals surface area contributed by atoms with Crippen LogP contribution in [0.5, 0.6) is 0 Å². The largest absolute Gasteiger partial charge is 0.336 e. The molecule has 0 unspecified atom stereocenters. The predicted molar refractivity (Wildman–Crippen MR) is 113 cm³/mol. The van der Waals surface area contributed by atoms with Gasteiger partial charge in [-0.05, 0) is 29.3 Å². The molecule has 0 spiro atoms. The van der Waals surface area contributed by atoms with Crippen LogP contribution in [0.4, 0.5) is 10.1 Å². The smallest absolute Gasteiger partial charge is 0.276 e. The van der Waals surface area contributed by atoms with Crippen molar-refractivity contribution in [3.05, 3.63) is 87.2 Å². The molecule has 6 nitrogen and oxygen atoms in total. The van der Waals surface area contributed by atoms with E-state index in [1.54, 1.807) is 4.90 Å². The number of fused-ring (bicyclic) bond motifs is 1. The molecule has 0 bridgehead atoms. The number of carbonyl (C=O) groups excluding carboxylic acids is 1. The number of halogens is 1. The summed E-state index contributed by atoms with van der Waals surface area (Å²) in [4.78, 5) is 27.2. The van der Waals surface area contributed by atoms with Crippen molar-refractivity contribution in [1.29, 1.82) is 0 Å². The van der Waals surface area contributed by atoms with Crippen LogP contribution >= 0.6 is 0 Å². The summed E-state index contributed by atoms with van der Waals surface area (Å²) >= 11 is 0. The third-order valence-corrected chi connectivity index (χ3v) is 5.69. The van der Waals surface area contributed by atoms with Gasteiger partial charge in [0.1, 0.15) is 5.82 Å². The molecule has 3 aromatic carbocycles. The Kier molecular flexibility index (Phi) is 5.46. The summed E-state index contributed by atoms with van der Waals surface area (Å²) < 4.78 is 14.1. The molecule has 0 atom stereocenters. The average molecular weight is 407 g/mol. The number of rotatable bonds is 4. The van der Waals surface area contributed by atoms with E-state index in [0.717, 1.165) is 12.6 Å². The molecule has 1 fully saturated rings. The van der Waals surface area contributed by atoms with Crippen LogP contribution < -0.4 is 0 Å². The quantitative estimate of drug-likeness (QED) is 0.481. The Morgan fingerprint density at radius 3 is 2.50 bits per heavy atom. The van der Waals surface area contributed by atoms with E-state index in [1.807, 2.05) is 12.1 Å². The zero-order chi connectivity index (χ0) is 21.3. The van der Waals surface area contributed by atoms with Crippen molar-refractivity contribution in [3.63, 3.8) is 0 Å². The van der Waals surface area contributed by atoms with Crippen molar-refractivity contribution in [3.8, 4) is 0 Å². The lowest BCUT2D eigenvalue weighted by molar-refractivity contribution is -0.385. The van der Waals surface area contributed by atoms with Crippen molar-refractivity contribution in [2.45, 2.75) is 13.5 Å². The second-order valence-electron chi connectivity index (χ2n) is 7.57. The number of carbonyl (C=O) groups is 1. The number of hydrogen-bond donors (Lipinski definition) is 0. The average Bonchev–Trinajstić information content (AvgIpc) is 2.75. The molecule has 1 aliphatic heterocycles. The van der Waals surface area contributed by atoms with Crippen molar-refractivity contribution in [1.82, 2.24) is 9.80 Å². The number of nitrogens with zero attached hydrogens (tertiary/aromatic N) is 3. The highest BCUT2D eigenvalue weighted by Crippen LogP contribution is 2.25. The van der Waals surface area contributed by atoms with Gasteiger partial charge in [-0.2, -0.15) is 0 Å². The number of amides is 1. The van der Waals surface area contributed by atoms with E-state index >= 15 is 0 Å². The van der Waals surface area contributed by atoms with Crippen molar-refractivity contribution in [2.24, 2.45) is 0 Å². The van der Waals surface area contributed by atoms with Crippen LogP contribution in [0, 0.1) is 22.9 Å². The Balaban J connectivity index is 1.44. The van der Waals surface area contributed by atoms with Crippen LogP contribution in [0.3, 0.4) is 0 Å². The molecule has 1 saturated heterocycles. The summed E-state index contributed by atoms with van der Waals surface area (Å²) in [5, 5.41) is 13.6. The van der Waals surface area contributed by atoms with Gasteiger partial charge in [-0.3, -0.25) is 19.8 Å². The monoisotopic (exact) mass is 407 g/mol. The van der Waals surface area contributed by atoms with Gasteiger partial charge in [-0.15, -0.1) is 0 Å². The predicted octanol–water partition coefficient (Wildman–Crippen LogP) is 4.15. The van der Waals surface area contributed by atoms with Crippen molar-refractivity contribution in [2.75, 3.05) is 26.2 Å². The van der Waals surface area contributed by atoms with Crippen LogP contribution in [0.2, 0.25) is 0 Å². The minimum atomic E-state index is -0.734. The highest BCUT2D eigenvalue weighted by atomic mass is 19.1. The molecule has 0 radical (unpaired) electrons. The SMILES string of the molecule is Cc1c(F)cc(C(=O)N2CCN(Cc3cccc4ccccc34)CC2)cc1[N+](=O)[O-]. The maximum absolute atomic E-state index is 14.1. The Morgan fingerprint density at radius 1 is 1.07 bits per heavy atom. The number of nitro benzene ring substituents is 1. The molecule has 4 rings (SSSR count). The van der Waals surface area contributed by atoms with Crippen LogP contribution in [-0.4, -0.2) is 46.8 Å². The Labute approximate surface area is 173 Å². The lowest BCUT2D eigenvalue weighted by Gasteiger charge is -2.35. The van der Waals surface area contributed by atoms with E-state index in [-0.39, 0.29) is 22.7 Å². The molecule has 1 heterocycles. The molecule has 3 aromatic rings. The zero-order valence-electron chi connectivity index (χ0n) is 16.7. The molecular formula is C23H22FN3O3. The van der Waals surface area contributed by atoms with E-state index in [0.29, 0.717) is 26.2 Å². The molecule has 7 heteroatoms.